The van der Waals surface area contributed by atoms with Crippen LogP contribution in [-0.4, -0.2) is 18.2 Å². The zero-order valence-corrected chi connectivity index (χ0v) is 13.1. The Morgan fingerprint density at radius 1 is 1.14 bits per heavy atom. The van der Waals surface area contributed by atoms with Gasteiger partial charge in [0, 0.05) is 23.6 Å². The fourth-order valence-corrected chi connectivity index (χ4v) is 2.86. The van der Waals surface area contributed by atoms with Gasteiger partial charge in [-0.15, -0.1) is 0 Å². The lowest BCUT2D eigenvalue weighted by Crippen LogP contribution is -2.08. The summed E-state index contributed by atoms with van der Waals surface area (Å²) >= 11 is 0. The van der Waals surface area contributed by atoms with Crippen LogP contribution in [0.4, 0.5) is 0 Å². The second-order valence-electron chi connectivity index (χ2n) is 5.72. The monoisotopic (exact) mass is 294 g/mol. The molecule has 22 heavy (non-hydrogen) atoms. The lowest BCUT2D eigenvalue weighted by Gasteiger charge is -2.07. The highest BCUT2D eigenvalue weighted by Gasteiger charge is 2.14. The van der Waals surface area contributed by atoms with E-state index < -0.39 is 0 Å². The predicted octanol–water partition coefficient (Wildman–Crippen LogP) is 3.76. The molecule has 0 saturated carbocycles. The molecule has 1 unspecified atom stereocenters. The molecule has 3 aromatic rings. The van der Waals surface area contributed by atoms with Crippen LogP contribution in [-0.2, 0) is 6.54 Å². The van der Waals surface area contributed by atoms with E-state index in [4.69, 9.17) is 10.5 Å². The molecule has 1 atom stereocenters. The first-order valence-corrected chi connectivity index (χ1v) is 7.63. The van der Waals surface area contributed by atoms with Gasteiger partial charge in [-0.05, 0) is 41.8 Å². The second-order valence-corrected chi connectivity index (χ2v) is 5.72. The maximum Gasteiger partial charge on any atom is 0.119 e. The fourth-order valence-electron chi connectivity index (χ4n) is 2.86. The van der Waals surface area contributed by atoms with Gasteiger partial charge in [0.15, 0.2) is 0 Å². The smallest absolute Gasteiger partial charge is 0.119 e. The van der Waals surface area contributed by atoms with Crippen molar-refractivity contribution in [1.29, 1.82) is 0 Å². The minimum atomic E-state index is 0.326. The van der Waals surface area contributed by atoms with Crippen LogP contribution in [0.1, 0.15) is 24.0 Å². The standard InChI is InChI=1S/C19H22N2O/c1-14(11-20)18-13-21(12-15-6-4-3-5-7-15)19-9-8-16(22-2)10-17(18)19/h3-10,13-14H,11-12,20H2,1-2H3. The molecule has 114 valence electrons. The van der Waals surface area contributed by atoms with Gasteiger partial charge in [-0.1, -0.05) is 37.3 Å². The Kier molecular flexibility index (Phi) is 4.16. The van der Waals surface area contributed by atoms with Crippen LogP contribution >= 0.6 is 0 Å². The molecular weight excluding hydrogens is 272 g/mol. The number of rotatable bonds is 5. The summed E-state index contributed by atoms with van der Waals surface area (Å²) in [5.74, 6) is 1.21. The minimum Gasteiger partial charge on any atom is -0.497 e. The molecule has 2 N–H and O–H groups in total. The first-order valence-electron chi connectivity index (χ1n) is 7.63. The van der Waals surface area contributed by atoms with Crippen molar-refractivity contribution >= 4 is 10.9 Å². The largest absolute Gasteiger partial charge is 0.497 e. The third-order valence-electron chi connectivity index (χ3n) is 4.20. The fraction of sp³-hybridized carbons (Fsp3) is 0.263. The molecule has 0 spiro atoms. The van der Waals surface area contributed by atoms with Crippen LogP contribution in [0.3, 0.4) is 0 Å². The van der Waals surface area contributed by atoms with E-state index in [-0.39, 0.29) is 0 Å². The van der Waals surface area contributed by atoms with Crippen molar-refractivity contribution in [2.75, 3.05) is 13.7 Å². The van der Waals surface area contributed by atoms with E-state index in [2.05, 4.69) is 54.1 Å². The van der Waals surface area contributed by atoms with E-state index in [0.717, 1.165) is 12.3 Å². The van der Waals surface area contributed by atoms with Crippen molar-refractivity contribution < 1.29 is 4.74 Å². The summed E-state index contributed by atoms with van der Waals surface area (Å²) in [6, 6.07) is 16.8. The number of ether oxygens (including phenoxy) is 1. The van der Waals surface area contributed by atoms with E-state index in [1.807, 2.05) is 12.1 Å². The molecule has 0 amide bonds. The van der Waals surface area contributed by atoms with Crippen LogP contribution < -0.4 is 10.5 Å². The van der Waals surface area contributed by atoms with Crippen LogP contribution in [0.2, 0.25) is 0 Å². The summed E-state index contributed by atoms with van der Waals surface area (Å²) in [7, 11) is 1.70. The van der Waals surface area contributed by atoms with Gasteiger partial charge in [-0.2, -0.15) is 0 Å². The van der Waals surface area contributed by atoms with Gasteiger partial charge < -0.3 is 15.0 Å². The average molecular weight is 294 g/mol. The maximum absolute atomic E-state index is 5.89. The zero-order chi connectivity index (χ0) is 15.5. The lowest BCUT2D eigenvalue weighted by atomic mass is 10.0. The number of nitrogens with zero attached hydrogens (tertiary/aromatic N) is 1. The van der Waals surface area contributed by atoms with Gasteiger partial charge in [0.1, 0.15) is 5.75 Å². The van der Waals surface area contributed by atoms with Crippen molar-refractivity contribution in [2.24, 2.45) is 5.73 Å². The Bertz CT molecular complexity index is 762. The highest BCUT2D eigenvalue weighted by Crippen LogP contribution is 2.31. The van der Waals surface area contributed by atoms with Gasteiger partial charge >= 0.3 is 0 Å². The number of fused-ring (bicyclic) bond motifs is 1. The number of nitrogens with two attached hydrogens (primary N) is 1. The van der Waals surface area contributed by atoms with Crippen LogP contribution in [0, 0.1) is 0 Å². The Balaban J connectivity index is 2.10. The first kappa shape index (κ1) is 14.7. The molecule has 0 bridgehead atoms. The van der Waals surface area contributed by atoms with Crippen molar-refractivity contribution in [3.8, 4) is 5.75 Å². The molecule has 0 aliphatic rings. The summed E-state index contributed by atoms with van der Waals surface area (Å²) in [5, 5.41) is 1.23. The molecule has 0 saturated heterocycles. The van der Waals surface area contributed by atoms with E-state index >= 15 is 0 Å². The Labute approximate surface area is 131 Å². The Morgan fingerprint density at radius 3 is 2.59 bits per heavy atom. The quantitative estimate of drug-likeness (QED) is 0.778. The van der Waals surface area contributed by atoms with Gasteiger partial charge in [-0.25, -0.2) is 0 Å². The summed E-state index contributed by atoms with van der Waals surface area (Å²) in [5.41, 5.74) is 9.69. The van der Waals surface area contributed by atoms with Crippen molar-refractivity contribution in [1.82, 2.24) is 4.57 Å². The SMILES string of the molecule is COc1ccc2c(c1)c(C(C)CN)cn2Cc1ccccc1. The lowest BCUT2D eigenvalue weighted by molar-refractivity contribution is 0.415. The van der Waals surface area contributed by atoms with E-state index in [9.17, 15) is 0 Å². The van der Waals surface area contributed by atoms with Crippen molar-refractivity contribution in [3.63, 3.8) is 0 Å². The second kappa shape index (κ2) is 6.24. The van der Waals surface area contributed by atoms with Crippen LogP contribution in [0.15, 0.2) is 54.7 Å². The highest BCUT2D eigenvalue weighted by atomic mass is 16.5. The Morgan fingerprint density at radius 2 is 1.91 bits per heavy atom. The average Bonchev–Trinajstić information content (AvgIpc) is 2.93. The van der Waals surface area contributed by atoms with E-state index in [1.54, 1.807) is 7.11 Å². The van der Waals surface area contributed by atoms with Gasteiger partial charge in [0.25, 0.3) is 0 Å². The van der Waals surface area contributed by atoms with Crippen LogP contribution in [0.5, 0.6) is 5.75 Å². The molecule has 1 aromatic heterocycles. The summed E-state index contributed by atoms with van der Waals surface area (Å²) in [6.45, 7) is 3.67. The molecule has 2 aromatic carbocycles. The number of hydrogen-bond acceptors (Lipinski definition) is 2. The summed E-state index contributed by atoms with van der Waals surface area (Å²) < 4.78 is 7.67. The van der Waals surface area contributed by atoms with E-state index in [1.165, 1.54) is 22.0 Å². The van der Waals surface area contributed by atoms with E-state index in [0.29, 0.717) is 12.5 Å². The summed E-state index contributed by atoms with van der Waals surface area (Å²) in [4.78, 5) is 0. The van der Waals surface area contributed by atoms with Crippen molar-refractivity contribution in [3.05, 3.63) is 65.9 Å². The Hall–Kier alpha value is -2.26. The molecule has 3 heteroatoms. The molecule has 0 fully saturated rings. The molecule has 1 heterocycles. The number of aromatic nitrogens is 1. The van der Waals surface area contributed by atoms with Gasteiger partial charge in [0.05, 0.1) is 7.11 Å². The molecule has 0 aliphatic carbocycles. The third kappa shape index (κ3) is 2.72. The predicted molar refractivity (Wildman–Crippen MR) is 91.5 cm³/mol. The maximum atomic E-state index is 5.89. The first-order chi connectivity index (χ1) is 10.7. The van der Waals surface area contributed by atoms with Gasteiger partial charge in [0.2, 0.25) is 0 Å². The zero-order valence-electron chi connectivity index (χ0n) is 13.1. The molecule has 0 aliphatic heterocycles. The topological polar surface area (TPSA) is 40.2 Å². The molecule has 3 nitrogen and oxygen atoms in total. The highest BCUT2D eigenvalue weighted by molar-refractivity contribution is 5.86. The van der Waals surface area contributed by atoms with Gasteiger partial charge in [-0.3, -0.25) is 0 Å². The number of hydrogen-bond donors (Lipinski definition) is 1. The minimum absolute atomic E-state index is 0.326. The molecule has 0 radical (unpaired) electrons. The molecular formula is C19H22N2O. The number of methoxy groups -OCH3 is 1. The number of benzene rings is 2. The third-order valence-corrected chi connectivity index (χ3v) is 4.20. The summed E-state index contributed by atoms with van der Waals surface area (Å²) in [6.07, 6.45) is 2.23. The normalized spacial score (nSPS) is 12.5. The van der Waals surface area contributed by atoms with Crippen LogP contribution in [0.25, 0.3) is 10.9 Å². The van der Waals surface area contributed by atoms with Crippen molar-refractivity contribution in [2.45, 2.75) is 19.4 Å². The molecule has 3 rings (SSSR count).